The van der Waals surface area contributed by atoms with Crippen LogP contribution in [0, 0.1) is 6.92 Å². The predicted octanol–water partition coefficient (Wildman–Crippen LogP) is 2.80. The highest BCUT2D eigenvalue weighted by atomic mass is 35.5. The fraction of sp³-hybridized carbons (Fsp3) is 0.625. The summed E-state index contributed by atoms with van der Waals surface area (Å²) in [5.74, 6) is 1.52. The standard InChI is InChI=1S/C8H12ClNOS2/c1-7-6-13-8(10-7)12-5-4-11-3-2-9/h6H,2-5H2,1H3. The third kappa shape index (κ3) is 4.86. The van der Waals surface area contributed by atoms with Gasteiger partial charge in [-0.2, -0.15) is 0 Å². The molecule has 74 valence electrons. The van der Waals surface area contributed by atoms with Gasteiger partial charge < -0.3 is 4.74 Å². The first-order chi connectivity index (χ1) is 6.33. The molecule has 0 fully saturated rings. The Morgan fingerprint density at radius 3 is 3.08 bits per heavy atom. The zero-order chi connectivity index (χ0) is 9.52. The van der Waals surface area contributed by atoms with Crippen molar-refractivity contribution in [1.29, 1.82) is 0 Å². The number of thioether (sulfide) groups is 1. The Morgan fingerprint density at radius 2 is 2.46 bits per heavy atom. The van der Waals surface area contributed by atoms with Crippen LogP contribution in [0.15, 0.2) is 9.72 Å². The zero-order valence-corrected chi connectivity index (χ0v) is 9.84. The van der Waals surface area contributed by atoms with Crippen molar-refractivity contribution in [2.24, 2.45) is 0 Å². The van der Waals surface area contributed by atoms with Crippen LogP contribution in [0.5, 0.6) is 0 Å². The molecule has 0 N–H and O–H groups in total. The molecule has 1 aromatic rings. The SMILES string of the molecule is Cc1csc(SCCOCCCl)n1. The second-order valence-electron chi connectivity index (χ2n) is 2.40. The Bertz CT molecular complexity index is 242. The molecule has 0 aliphatic carbocycles. The molecule has 0 unspecified atom stereocenters. The van der Waals surface area contributed by atoms with E-state index in [0.29, 0.717) is 12.5 Å². The molecular weight excluding hydrogens is 226 g/mol. The van der Waals surface area contributed by atoms with Crippen molar-refractivity contribution in [3.05, 3.63) is 11.1 Å². The van der Waals surface area contributed by atoms with Gasteiger partial charge in [0.1, 0.15) is 4.34 Å². The van der Waals surface area contributed by atoms with Gasteiger partial charge in [0.2, 0.25) is 0 Å². The number of thiazole rings is 1. The molecule has 1 rings (SSSR count). The summed E-state index contributed by atoms with van der Waals surface area (Å²) in [6, 6.07) is 0. The highest BCUT2D eigenvalue weighted by molar-refractivity contribution is 8.01. The normalized spacial score (nSPS) is 10.6. The van der Waals surface area contributed by atoms with Gasteiger partial charge in [-0.05, 0) is 6.92 Å². The number of nitrogens with zero attached hydrogens (tertiary/aromatic N) is 1. The molecule has 0 saturated carbocycles. The Kier molecular flexibility index (Phi) is 5.78. The number of hydrogen-bond donors (Lipinski definition) is 0. The van der Waals surface area contributed by atoms with Gasteiger partial charge in [0.05, 0.1) is 13.2 Å². The van der Waals surface area contributed by atoms with Gasteiger partial charge in [-0.3, -0.25) is 0 Å². The van der Waals surface area contributed by atoms with Crippen LogP contribution in [0.25, 0.3) is 0 Å². The Hall–Kier alpha value is 0.230. The molecule has 5 heteroatoms. The average Bonchev–Trinajstić information content (AvgIpc) is 2.51. The van der Waals surface area contributed by atoms with E-state index in [1.54, 1.807) is 23.1 Å². The van der Waals surface area contributed by atoms with E-state index < -0.39 is 0 Å². The van der Waals surface area contributed by atoms with Crippen LogP contribution in [0.3, 0.4) is 0 Å². The number of rotatable bonds is 6. The lowest BCUT2D eigenvalue weighted by atomic mass is 10.6. The lowest BCUT2D eigenvalue weighted by molar-refractivity contribution is 0.166. The van der Waals surface area contributed by atoms with Crippen LogP contribution in [0.2, 0.25) is 0 Å². The Labute approximate surface area is 91.7 Å². The molecule has 0 saturated heterocycles. The first kappa shape index (κ1) is 11.3. The number of halogens is 1. The maximum atomic E-state index is 5.46. The largest absolute Gasteiger partial charge is 0.379 e. The van der Waals surface area contributed by atoms with E-state index >= 15 is 0 Å². The van der Waals surface area contributed by atoms with E-state index in [2.05, 4.69) is 10.4 Å². The average molecular weight is 238 g/mol. The van der Waals surface area contributed by atoms with Crippen molar-refractivity contribution in [3.8, 4) is 0 Å². The number of aromatic nitrogens is 1. The van der Waals surface area contributed by atoms with E-state index in [-0.39, 0.29) is 0 Å². The van der Waals surface area contributed by atoms with Crippen molar-refractivity contribution < 1.29 is 4.74 Å². The summed E-state index contributed by atoms with van der Waals surface area (Å²) < 4.78 is 6.35. The second kappa shape index (κ2) is 6.65. The summed E-state index contributed by atoms with van der Waals surface area (Å²) in [5.41, 5.74) is 1.09. The number of alkyl halides is 1. The number of hydrogen-bond acceptors (Lipinski definition) is 4. The Balaban J connectivity index is 2.06. The molecule has 1 heterocycles. The van der Waals surface area contributed by atoms with E-state index in [1.165, 1.54) is 0 Å². The van der Waals surface area contributed by atoms with Crippen LogP contribution in [-0.2, 0) is 4.74 Å². The fourth-order valence-corrected chi connectivity index (χ4v) is 2.62. The van der Waals surface area contributed by atoms with Gasteiger partial charge in [0.15, 0.2) is 0 Å². The van der Waals surface area contributed by atoms with Gasteiger partial charge in [-0.25, -0.2) is 4.98 Å². The molecule has 0 radical (unpaired) electrons. The van der Waals surface area contributed by atoms with Crippen molar-refractivity contribution in [2.45, 2.75) is 11.3 Å². The molecule has 0 bridgehead atoms. The van der Waals surface area contributed by atoms with E-state index in [0.717, 1.165) is 22.4 Å². The molecule has 0 amide bonds. The minimum Gasteiger partial charge on any atom is -0.379 e. The smallest absolute Gasteiger partial charge is 0.150 e. The summed E-state index contributed by atoms with van der Waals surface area (Å²) in [4.78, 5) is 4.33. The van der Waals surface area contributed by atoms with E-state index in [9.17, 15) is 0 Å². The lowest BCUT2D eigenvalue weighted by Gasteiger charge is -1.99. The molecule has 13 heavy (non-hydrogen) atoms. The third-order valence-corrected chi connectivity index (χ3v) is 3.53. The minimum absolute atomic E-state index is 0.570. The molecule has 2 nitrogen and oxygen atoms in total. The topological polar surface area (TPSA) is 22.1 Å². The van der Waals surface area contributed by atoms with Gasteiger partial charge in [0, 0.05) is 22.7 Å². The fourth-order valence-electron chi connectivity index (χ4n) is 0.743. The molecule has 0 spiro atoms. The molecule has 0 aromatic carbocycles. The highest BCUT2D eigenvalue weighted by Gasteiger charge is 1.98. The van der Waals surface area contributed by atoms with Crippen molar-refractivity contribution in [3.63, 3.8) is 0 Å². The zero-order valence-electron chi connectivity index (χ0n) is 7.46. The van der Waals surface area contributed by atoms with Crippen LogP contribution in [0.1, 0.15) is 5.69 Å². The van der Waals surface area contributed by atoms with Gasteiger partial charge in [-0.15, -0.1) is 22.9 Å². The first-order valence-corrected chi connectivity index (χ1v) is 6.41. The molecule has 0 aliphatic heterocycles. The van der Waals surface area contributed by atoms with Crippen LogP contribution in [0.4, 0.5) is 0 Å². The molecular formula is C8H12ClNOS2. The monoisotopic (exact) mass is 237 g/mol. The summed E-state index contributed by atoms with van der Waals surface area (Å²) in [6.07, 6.45) is 0. The predicted molar refractivity (Wildman–Crippen MR) is 59.1 cm³/mol. The quantitative estimate of drug-likeness (QED) is 0.432. The summed E-state index contributed by atoms with van der Waals surface area (Å²) in [7, 11) is 0. The Morgan fingerprint density at radius 1 is 1.62 bits per heavy atom. The van der Waals surface area contributed by atoms with E-state index in [1.807, 2.05) is 6.92 Å². The van der Waals surface area contributed by atoms with Crippen LogP contribution in [-0.4, -0.2) is 29.8 Å². The number of aryl methyl sites for hydroxylation is 1. The third-order valence-electron chi connectivity index (χ3n) is 1.27. The maximum absolute atomic E-state index is 5.46. The lowest BCUT2D eigenvalue weighted by Crippen LogP contribution is -1.99. The summed E-state index contributed by atoms with van der Waals surface area (Å²) in [6.45, 7) is 3.39. The molecule has 0 atom stereocenters. The summed E-state index contributed by atoms with van der Waals surface area (Å²) >= 11 is 8.87. The van der Waals surface area contributed by atoms with Crippen LogP contribution < -0.4 is 0 Å². The maximum Gasteiger partial charge on any atom is 0.150 e. The molecule has 1 aromatic heterocycles. The van der Waals surface area contributed by atoms with Crippen molar-refractivity contribution in [1.82, 2.24) is 4.98 Å². The van der Waals surface area contributed by atoms with Crippen LogP contribution >= 0.6 is 34.7 Å². The minimum atomic E-state index is 0.570. The van der Waals surface area contributed by atoms with Crippen molar-refractivity contribution >= 4 is 34.7 Å². The van der Waals surface area contributed by atoms with Gasteiger partial charge >= 0.3 is 0 Å². The highest BCUT2D eigenvalue weighted by Crippen LogP contribution is 2.21. The number of ether oxygens (including phenoxy) is 1. The first-order valence-electron chi connectivity index (χ1n) is 4.01. The van der Waals surface area contributed by atoms with E-state index in [4.69, 9.17) is 16.3 Å². The summed E-state index contributed by atoms with van der Waals surface area (Å²) in [5, 5.41) is 2.06. The van der Waals surface area contributed by atoms with Crippen molar-refractivity contribution in [2.75, 3.05) is 24.8 Å². The van der Waals surface area contributed by atoms with Gasteiger partial charge in [0.25, 0.3) is 0 Å². The second-order valence-corrected chi connectivity index (χ2v) is 4.98. The molecule has 0 aliphatic rings. The van der Waals surface area contributed by atoms with Gasteiger partial charge in [-0.1, -0.05) is 11.8 Å².